The Kier molecular flexibility index (Phi) is 4.90. The fraction of sp³-hybridized carbons (Fsp3) is 0.765. The Bertz CT molecular complexity index is 513. The second-order valence-electron chi connectivity index (χ2n) is 7.23. The largest absolute Gasteiger partial charge is 0.384 e. The number of hydrogen-bond acceptors (Lipinski definition) is 3. The number of piperidine rings is 1. The molecular weight excluding hydrogens is 292 g/mol. The number of rotatable bonds is 5. The average molecular weight is 320 g/mol. The SMILES string of the molecule is COCC1(CNC(=O)N2CC[C@H](C)[C@@H](n3ccnc3)C2)CCC1. The molecule has 1 aliphatic carbocycles. The minimum absolute atomic E-state index is 0.0596. The third-order valence-electron chi connectivity index (χ3n) is 5.59. The molecule has 2 aliphatic rings. The molecule has 2 atom stereocenters. The quantitative estimate of drug-likeness (QED) is 0.905. The first-order valence-corrected chi connectivity index (χ1v) is 8.63. The van der Waals surface area contributed by atoms with Crippen LogP contribution in [0.3, 0.4) is 0 Å². The number of carbonyl (C=O) groups excluding carboxylic acids is 1. The van der Waals surface area contributed by atoms with E-state index in [1.165, 1.54) is 6.42 Å². The van der Waals surface area contributed by atoms with Crippen LogP contribution in [0.4, 0.5) is 4.79 Å². The zero-order valence-corrected chi connectivity index (χ0v) is 14.2. The van der Waals surface area contributed by atoms with E-state index in [1.54, 1.807) is 13.3 Å². The number of nitrogens with one attached hydrogen (secondary N) is 1. The molecule has 1 saturated carbocycles. The number of aromatic nitrogens is 2. The van der Waals surface area contributed by atoms with Gasteiger partial charge in [0.15, 0.2) is 0 Å². The Morgan fingerprint density at radius 2 is 2.30 bits per heavy atom. The van der Waals surface area contributed by atoms with Crippen molar-refractivity contribution in [3.05, 3.63) is 18.7 Å². The Balaban J connectivity index is 1.55. The number of ether oxygens (including phenoxy) is 1. The van der Waals surface area contributed by atoms with Gasteiger partial charge in [-0.1, -0.05) is 13.3 Å². The van der Waals surface area contributed by atoms with E-state index in [0.717, 1.165) is 45.5 Å². The molecule has 1 N–H and O–H groups in total. The number of likely N-dealkylation sites (tertiary alicyclic amines) is 1. The monoisotopic (exact) mass is 320 g/mol. The predicted molar refractivity (Wildman–Crippen MR) is 88.2 cm³/mol. The summed E-state index contributed by atoms with van der Waals surface area (Å²) in [6.45, 7) is 5.29. The fourth-order valence-corrected chi connectivity index (χ4v) is 3.82. The molecule has 2 heterocycles. The van der Waals surface area contributed by atoms with E-state index in [1.807, 2.05) is 17.4 Å². The van der Waals surface area contributed by atoms with Crippen LogP contribution in [0.1, 0.15) is 38.6 Å². The number of urea groups is 1. The highest BCUT2D eigenvalue weighted by Gasteiger charge is 2.38. The Morgan fingerprint density at radius 1 is 1.48 bits per heavy atom. The first-order chi connectivity index (χ1) is 11.1. The van der Waals surface area contributed by atoms with Crippen LogP contribution in [0.5, 0.6) is 0 Å². The van der Waals surface area contributed by atoms with E-state index in [4.69, 9.17) is 4.74 Å². The smallest absolute Gasteiger partial charge is 0.317 e. The molecule has 1 aromatic rings. The van der Waals surface area contributed by atoms with Crippen molar-refractivity contribution in [2.75, 3.05) is 33.4 Å². The molecule has 0 aromatic carbocycles. The molecule has 0 spiro atoms. The molecule has 0 bridgehead atoms. The number of nitrogens with zero attached hydrogens (tertiary/aromatic N) is 3. The van der Waals surface area contributed by atoms with Crippen molar-refractivity contribution in [2.24, 2.45) is 11.3 Å². The molecule has 2 amide bonds. The molecule has 1 aromatic heterocycles. The molecule has 1 saturated heterocycles. The third-order valence-corrected chi connectivity index (χ3v) is 5.59. The molecular formula is C17H28N4O2. The lowest BCUT2D eigenvalue weighted by Crippen LogP contribution is -2.52. The summed E-state index contributed by atoms with van der Waals surface area (Å²) in [5.41, 5.74) is 0.164. The van der Waals surface area contributed by atoms with Crippen LogP contribution in [-0.4, -0.2) is 53.8 Å². The molecule has 3 rings (SSSR count). The molecule has 6 nitrogen and oxygen atoms in total. The van der Waals surface area contributed by atoms with Gasteiger partial charge in [0.25, 0.3) is 0 Å². The first kappa shape index (κ1) is 16.3. The van der Waals surface area contributed by atoms with E-state index in [0.29, 0.717) is 12.0 Å². The van der Waals surface area contributed by atoms with E-state index in [2.05, 4.69) is 21.8 Å². The van der Waals surface area contributed by atoms with Gasteiger partial charge in [0.1, 0.15) is 0 Å². The molecule has 1 aliphatic heterocycles. The summed E-state index contributed by atoms with van der Waals surface area (Å²) in [5, 5.41) is 3.14. The maximum absolute atomic E-state index is 12.6. The van der Waals surface area contributed by atoms with Crippen LogP contribution in [0.15, 0.2) is 18.7 Å². The number of carbonyl (C=O) groups is 1. The standard InChI is InChI=1S/C17H28N4O2/c1-14-4-8-20(10-15(14)21-9-7-18-13-21)16(22)19-11-17(12-23-2)5-3-6-17/h7,9,13-15H,3-6,8,10-12H2,1-2H3,(H,19,22)/t14-,15-/m0/s1. The van der Waals surface area contributed by atoms with Crippen LogP contribution in [0, 0.1) is 11.3 Å². The Labute approximate surface area is 138 Å². The van der Waals surface area contributed by atoms with Gasteiger partial charge < -0.3 is 19.5 Å². The van der Waals surface area contributed by atoms with Gasteiger partial charge in [-0.15, -0.1) is 0 Å². The lowest BCUT2D eigenvalue weighted by Gasteiger charge is -2.42. The maximum atomic E-state index is 12.6. The van der Waals surface area contributed by atoms with Crippen molar-refractivity contribution < 1.29 is 9.53 Å². The van der Waals surface area contributed by atoms with Gasteiger partial charge in [0, 0.05) is 44.6 Å². The summed E-state index contributed by atoms with van der Waals surface area (Å²) in [6, 6.07) is 0.373. The van der Waals surface area contributed by atoms with Gasteiger partial charge in [0.2, 0.25) is 0 Å². The second kappa shape index (κ2) is 6.91. The van der Waals surface area contributed by atoms with Gasteiger partial charge in [0.05, 0.1) is 19.0 Å². The molecule has 6 heteroatoms. The number of methoxy groups -OCH3 is 1. The highest BCUT2D eigenvalue weighted by atomic mass is 16.5. The minimum Gasteiger partial charge on any atom is -0.384 e. The second-order valence-corrected chi connectivity index (χ2v) is 7.23. The van der Waals surface area contributed by atoms with Gasteiger partial charge >= 0.3 is 6.03 Å². The first-order valence-electron chi connectivity index (χ1n) is 8.63. The van der Waals surface area contributed by atoms with Gasteiger partial charge in [-0.05, 0) is 25.2 Å². The van der Waals surface area contributed by atoms with Crippen molar-refractivity contribution in [2.45, 2.75) is 38.6 Å². The number of hydrogen-bond donors (Lipinski definition) is 1. The van der Waals surface area contributed by atoms with Crippen molar-refractivity contribution in [3.63, 3.8) is 0 Å². The van der Waals surface area contributed by atoms with Crippen molar-refractivity contribution >= 4 is 6.03 Å². The summed E-state index contributed by atoms with van der Waals surface area (Å²) in [6.07, 6.45) is 10.2. The highest BCUT2D eigenvalue weighted by molar-refractivity contribution is 5.74. The van der Waals surface area contributed by atoms with Crippen molar-refractivity contribution in [1.29, 1.82) is 0 Å². The summed E-state index contributed by atoms with van der Waals surface area (Å²) in [4.78, 5) is 18.6. The van der Waals surface area contributed by atoms with Crippen molar-refractivity contribution in [1.82, 2.24) is 19.8 Å². The van der Waals surface area contributed by atoms with Gasteiger partial charge in [-0.25, -0.2) is 9.78 Å². The van der Waals surface area contributed by atoms with Crippen LogP contribution >= 0.6 is 0 Å². The molecule has 23 heavy (non-hydrogen) atoms. The van der Waals surface area contributed by atoms with E-state index < -0.39 is 0 Å². The molecule has 2 fully saturated rings. The normalized spacial score (nSPS) is 26.6. The van der Waals surface area contributed by atoms with Crippen LogP contribution < -0.4 is 5.32 Å². The van der Waals surface area contributed by atoms with Crippen LogP contribution in [-0.2, 0) is 4.74 Å². The molecule has 0 unspecified atom stereocenters. The van der Waals surface area contributed by atoms with Gasteiger partial charge in [-0.2, -0.15) is 0 Å². The Hall–Kier alpha value is -1.56. The highest BCUT2D eigenvalue weighted by Crippen LogP contribution is 2.40. The van der Waals surface area contributed by atoms with E-state index in [-0.39, 0.29) is 11.4 Å². The van der Waals surface area contributed by atoms with Gasteiger partial charge in [-0.3, -0.25) is 0 Å². The molecule has 0 radical (unpaired) electrons. The summed E-state index contributed by atoms with van der Waals surface area (Å²) in [5.74, 6) is 0.555. The summed E-state index contributed by atoms with van der Waals surface area (Å²) >= 11 is 0. The zero-order chi connectivity index (χ0) is 16.3. The minimum atomic E-state index is 0.0596. The van der Waals surface area contributed by atoms with E-state index >= 15 is 0 Å². The van der Waals surface area contributed by atoms with Crippen LogP contribution in [0.2, 0.25) is 0 Å². The fourth-order valence-electron chi connectivity index (χ4n) is 3.82. The van der Waals surface area contributed by atoms with E-state index in [9.17, 15) is 4.79 Å². The Morgan fingerprint density at radius 3 is 2.91 bits per heavy atom. The van der Waals surface area contributed by atoms with Crippen LogP contribution in [0.25, 0.3) is 0 Å². The van der Waals surface area contributed by atoms with Crippen molar-refractivity contribution in [3.8, 4) is 0 Å². The summed E-state index contributed by atoms with van der Waals surface area (Å²) in [7, 11) is 1.74. The predicted octanol–water partition coefficient (Wildman–Crippen LogP) is 2.29. The third kappa shape index (κ3) is 3.52. The lowest BCUT2D eigenvalue weighted by atomic mass is 9.69. The lowest BCUT2D eigenvalue weighted by molar-refractivity contribution is 0.0185. The average Bonchev–Trinajstić information content (AvgIpc) is 3.04. The summed E-state index contributed by atoms with van der Waals surface area (Å²) < 4.78 is 7.46. The topological polar surface area (TPSA) is 59.4 Å². The number of imidazole rings is 1. The maximum Gasteiger partial charge on any atom is 0.317 e. The number of amides is 2. The molecule has 128 valence electrons. The zero-order valence-electron chi connectivity index (χ0n) is 14.2.